The summed E-state index contributed by atoms with van der Waals surface area (Å²) in [5.41, 5.74) is 3.59. The van der Waals surface area contributed by atoms with Crippen LogP contribution in [0.25, 0.3) is 22.2 Å². The van der Waals surface area contributed by atoms with E-state index in [1.165, 1.54) is 11.3 Å². The lowest BCUT2D eigenvalue weighted by molar-refractivity contribution is 0.0527. The number of thiophene rings is 1. The van der Waals surface area contributed by atoms with Gasteiger partial charge in [0.05, 0.1) is 39.0 Å². The number of carbonyl (C=O) groups excluding carboxylic acids is 2. The van der Waals surface area contributed by atoms with Crippen molar-refractivity contribution in [1.82, 2.24) is 4.98 Å². The van der Waals surface area contributed by atoms with E-state index in [9.17, 15) is 9.59 Å². The van der Waals surface area contributed by atoms with Crippen LogP contribution < -0.4 is 5.32 Å². The third-order valence-corrected chi connectivity index (χ3v) is 7.13. The fourth-order valence-corrected chi connectivity index (χ4v) is 4.84. The standard InChI is InChI=1S/C25H20Cl2N2O3S/c1-4-32-25(31)22-13(2)14(3)33-24(22)29-23(30)17-12-21(15-9-10-18(26)19(27)11-15)28-20-8-6-5-7-16(17)20/h5-12H,4H2,1-3H3,(H,29,30). The van der Waals surface area contributed by atoms with Gasteiger partial charge in [0, 0.05) is 15.8 Å². The van der Waals surface area contributed by atoms with Crippen LogP contribution in [0.15, 0.2) is 48.5 Å². The summed E-state index contributed by atoms with van der Waals surface area (Å²) in [5.74, 6) is -0.799. The third-order valence-electron chi connectivity index (χ3n) is 5.27. The van der Waals surface area contributed by atoms with E-state index >= 15 is 0 Å². The number of aromatic nitrogens is 1. The number of nitrogens with zero attached hydrogens (tertiary/aromatic N) is 1. The van der Waals surface area contributed by atoms with Gasteiger partial charge in [0.1, 0.15) is 5.00 Å². The van der Waals surface area contributed by atoms with E-state index in [-0.39, 0.29) is 12.5 Å². The second kappa shape index (κ2) is 9.51. The van der Waals surface area contributed by atoms with Gasteiger partial charge in [-0.25, -0.2) is 9.78 Å². The molecule has 0 radical (unpaired) electrons. The van der Waals surface area contributed by atoms with Crippen LogP contribution in [0.5, 0.6) is 0 Å². The highest BCUT2D eigenvalue weighted by Gasteiger charge is 2.23. The number of anilines is 1. The number of carbonyl (C=O) groups is 2. The monoisotopic (exact) mass is 498 g/mol. The van der Waals surface area contributed by atoms with Crippen molar-refractivity contribution in [3.63, 3.8) is 0 Å². The highest BCUT2D eigenvalue weighted by atomic mass is 35.5. The zero-order chi connectivity index (χ0) is 23.7. The fraction of sp³-hybridized carbons (Fsp3) is 0.160. The first kappa shape index (κ1) is 23.2. The van der Waals surface area contributed by atoms with Crippen LogP contribution in [0.3, 0.4) is 0 Å². The van der Waals surface area contributed by atoms with Gasteiger partial charge in [-0.15, -0.1) is 11.3 Å². The Kier molecular flexibility index (Phi) is 6.70. The molecule has 2 aromatic carbocycles. The predicted octanol–water partition coefficient (Wildman–Crippen LogP) is 7.32. The normalized spacial score (nSPS) is 10.9. The Morgan fingerprint density at radius 2 is 1.82 bits per heavy atom. The van der Waals surface area contributed by atoms with Crippen molar-refractivity contribution >= 4 is 62.3 Å². The van der Waals surface area contributed by atoms with E-state index in [1.807, 2.05) is 38.1 Å². The first-order chi connectivity index (χ1) is 15.8. The average molecular weight is 499 g/mol. The largest absolute Gasteiger partial charge is 0.462 e. The van der Waals surface area contributed by atoms with Gasteiger partial charge in [0.2, 0.25) is 0 Å². The number of halogens is 2. The Balaban J connectivity index is 1.80. The third kappa shape index (κ3) is 4.60. The van der Waals surface area contributed by atoms with Gasteiger partial charge in [-0.1, -0.05) is 47.5 Å². The molecule has 0 bridgehead atoms. The number of nitrogens with one attached hydrogen (secondary N) is 1. The van der Waals surface area contributed by atoms with E-state index in [2.05, 4.69) is 5.32 Å². The van der Waals surface area contributed by atoms with E-state index in [4.69, 9.17) is 32.9 Å². The topological polar surface area (TPSA) is 68.3 Å². The number of aryl methyl sites for hydroxylation is 1. The lowest BCUT2D eigenvalue weighted by Gasteiger charge is -2.11. The number of fused-ring (bicyclic) bond motifs is 1. The molecule has 0 saturated carbocycles. The number of amides is 1. The van der Waals surface area contributed by atoms with E-state index in [1.54, 1.807) is 31.2 Å². The van der Waals surface area contributed by atoms with Crippen LogP contribution >= 0.6 is 34.5 Å². The van der Waals surface area contributed by atoms with Crippen molar-refractivity contribution in [1.29, 1.82) is 0 Å². The molecule has 4 rings (SSSR count). The molecule has 2 heterocycles. The molecule has 1 N–H and O–H groups in total. The van der Waals surface area contributed by atoms with E-state index in [0.717, 1.165) is 16.0 Å². The van der Waals surface area contributed by atoms with Crippen molar-refractivity contribution in [2.24, 2.45) is 0 Å². The molecule has 33 heavy (non-hydrogen) atoms. The second-order valence-electron chi connectivity index (χ2n) is 7.36. The van der Waals surface area contributed by atoms with Crippen LogP contribution in [0, 0.1) is 13.8 Å². The minimum Gasteiger partial charge on any atom is -0.462 e. The average Bonchev–Trinajstić information content (AvgIpc) is 3.07. The van der Waals surface area contributed by atoms with Crippen LogP contribution in [0.1, 0.15) is 38.1 Å². The fourth-order valence-electron chi connectivity index (χ4n) is 3.50. The quantitative estimate of drug-likeness (QED) is 0.292. The molecule has 0 fully saturated rings. The molecule has 5 nitrogen and oxygen atoms in total. The number of ether oxygens (including phenoxy) is 1. The molecule has 0 aliphatic rings. The number of hydrogen-bond acceptors (Lipinski definition) is 5. The van der Waals surface area contributed by atoms with E-state index < -0.39 is 5.97 Å². The van der Waals surface area contributed by atoms with Crippen LogP contribution in [-0.2, 0) is 4.74 Å². The van der Waals surface area contributed by atoms with Crippen molar-refractivity contribution < 1.29 is 14.3 Å². The van der Waals surface area contributed by atoms with Gasteiger partial charge in [0.25, 0.3) is 5.91 Å². The lowest BCUT2D eigenvalue weighted by atomic mass is 10.0. The van der Waals surface area contributed by atoms with Gasteiger partial charge in [-0.3, -0.25) is 4.79 Å². The van der Waals surface area contributed by atoms with Crippen molar-refractivity contribution in [3.05, 3.63) is 80.1 Å². The molecule has 168 valence electrons. The van der Waals surface area contributed by atoms with Crippen molar-refractivity contribution in [3.8, 4) is 11.3 Å². The molecule has 0 aliphatic carbocycles. The van der Waals surface area contributed by atoms with Crippen LogP contribution in [0.2, 0.25) is 10.0 Å². The second-order valence-corrected chi connectivity index (χ2v) is 9.40. The van der Waals surface area contributed by atoms with Gasteiger partial charge in [0.15, 0.2) is 0 Å². The Hall–Kier alpha value is -2.93. The minimum absolute atomic E-state index is 0.253. The first-order valence-corrected chi connectivity index (χ1v) is 11.8. The van der Waals surface area contributed by atoms with Gasteiger partial charge in [-0.2, -0.15) is 0 Å². The first-order valence-electron chi connectivity index (χ1n) is 10.2. The number of rotatable bonds is 5. The minimum atomic E-state index is -0.453. The Labute approximate surface area is 205 Å². The zero-order valence-electron chi connectivity index (χ0n) is 18.2. The Bertz CT molecular complexity index is 1400. The molecule has 0 atom stereocenters. The van der Waals surface area contributed by atoms with Crippen LogP contribution in [0.4, 0.5) is 5.00 Å². The summed E-state index contributed by atoms with van der Waals surface area (Å²) in [5, 5.41) is 4.92. The molecular formula is C25H20Cl2N2O3S. The Morgan fingerprint density at radius 3 is 2.55 bits per heavy atom. The molecule has 0 saturated heterocycles. The molecule has 1 amide bonds. The summed E-state index contributed by atoms with van der Waals surface area (Å²) in [6, 6.07) is 14.3. The Morgan fingerprint density at radius 1 is 1.06 bits per heavy atom. The summed E-state index contributed by atoms with van der Waals surface area (Å²) < 4.78 is 5.20. The molecule has 2 aromatic heterocycles. The highest BCUT2D eigenvalue weighted by molar-refractivity contribution is 7.16. The summed E-state index contributed by atoms with van der Waals surface area (Å²) in [6.45, 7) is 5.75. The van der Waals surface area contributed by atoms with Crippen LogP contribution in [-0.4, -0.2) is 23.5 Å². The maximum Gasteiger partial charge on any atom is 0.341 e. The van der Waals surface area contributed by atoms with Crippen molar-refractivity contribution in [2.75, 3.05) is 11.9 Å². The molecule has 0 aliphatic heterocycles. The summed E-state index contributed by atoms with van der Waals surface area (Å²) in [7, 11) is 0. The predicted molar refractivity (Wildman–Crippen MR) is 135 cm³/mol. The van der Waals surface area contributed by atoms with Crippen molar-refractivity contribution in [2.45, 2.75) is 20.8 Å². The summed E-state index contributed by atoms with van der Waals surface area (Å²) in [6.07, 6.45) is 0. The number of para-hydroxylation sites is 1. The zero-order valence-corrected chi connectivity index (χ0v) is 20.5. The molecule has 4 aromatic rings. The number of hydrogen-bond donors (Lipinski definition) is 1. The maximum atomic E-state index is 13.5. The molecular weight excluding hydrogens is 479 g/mol. The van der Waals surface area contributed by atoms with Gasteiger partial charge < -0.3 is 10.1 Å². The van der Waals surface area contributed by atoms with E-state index in [0.29, 0.717) is 42.8 Å². The molecule has 8 heteroatoms. The number of esters is 1. The highest BCUT2D eigenvalue weighted by Crippen LogP contribution is 2.35. The maximum absolute atomic E-state index is 13.5. The van der Waals surface area contributed by atoms with Gasteiger partial charge >= 0.3 is 5.97 Å². The summed E-state index contributed by atoms with van der Waals surface area (Å²) >= 11 is 13.6. The lowest BCUT2D eigenvalue weighted by Crippen LogP contribution is -2.15. The number of benzene rings is 2. The molecule has 0 spiro atoms. The van der Waals surface area contributed by atoms with Gasteiger partial charge in [-0.05, 0) is 50.6 Å². The SMILES string of the molecule is CCOC(=O)c1c(NC(=O)c2cc(-c3ccc(Cl)c(Cl)c3)nc3ccccc23)sc(C)c1C. The molecule has 0 unspecified atom stereocenters. The summed E-state index contributed by atoms with van der Waals surface area (Å²) in [4.78, 5) is 31.6. The number of pyridine rings is 1. The smallest absolute Gasteiger partial charge is 0.341 e.